The van der Waals surface area contributed by atoms with Crippen LogP contribution in [-0.2, 0) is 11.3 Å². The molecule has 4 nitrogen and oxygen atoms in total. The monoisotopic (exact) mass is 184 g/mol. The van der Waals surface area contributed by atoms with Crippen molar-refractivity contribution in [3.05, 3.63) is 18.0 Å². The topological polar surface area (TPSA) is 47.3 Å². The standard InChI is InChI=1S/C9H16N2O2/c1-7(8(2)12-3)10-6-9-4-5-13-11-9/h4-5,7-8,10H,6H2,1-3H3. The minimum Gasteiger partial charge on any atom is -0.380 e. The van der Waals surface area contributed by atoms with Gasteiger partial charge in [0.1, 0.15) is 6.26 Å². The summed E-state index contributed by atoms with van der Waals surface area (Å²) in [6.07, 6.45) is 1.77. The molecule has 0 aliphatic rings. The molecule has 0 radical (unpaired) electrons. The molecular weight excluding hydrogens is 168 g/mol. The van der Waals surface area contributed by atoms with Gasteiger partial charge < -0.3 is 14.6 Å². The summed E-state index contributed by atoms with van der Waals surface area (Å²) in [5, 5.41) is 7.08. The van der Waals surface area contributed by atoms with Gasteiger partial charge in [0.05, 0.1) is 11.8 Å². The highest BCUT2D eigenvalue weighted by Crippen LogP contribution is 1.99. The van der Waals surface area contributed by atoms with Crippen molar-refractivity contribution in [1.29, 1.82) is 0 Å². The maximum absolute atomic E-state index is 5.18. The second-order valence-electron chi connectivity index (χ2n) is 3.10. The average Bonchev–Trinajstić information content (AvgIpc) is 2.65. The zero-order chi connectivity index (χ0) is 9.68. The van der Waals surface area contributed by atoms with Gasteiger partial charge in [0.25, 0.3) is 0 Å². The van der Waals surface area contributed by atoms with Crippen LogP contribution in [0.3, 0.4) is 0 Å². The Bertz CT molecular complexity index is 224. The molecule has 1 N–H and O–H groups in total. The molecule has 0 fully saturated rings. The minimum absolute atomic E-state index is 0.201. The third-order valence-corrected chi connectivity index (χ3v) is 2.17. The van der Waals surface area contributed by atoms with Crippen molar-refractivity contribution in [2.24, 2.45) is 0 Å². The molecule has 2 unspecified atom stereocenters. The fraction of sp³-hybridized carbons (Fsp3) is 0.667. The van der Waals surface area contributed by atoms with E-state index < -0.39 is 0 Å². The molecular formula is C9H16N2O2. The van der Waals surface area contributed by atoms with Crippen LogP contribution in [0.15, 0.2) is 16.9 Å². The predicted octanol–water partition coefficient (Wildman–Crippen LogP) is 1.19. The number of ether oxygens (including phenoxy) is 1. The first kappa shape index (κ1) is 10.2. The molecule has 1 aromatic heterocycles. The molecule has 2 atom stereocenters. The first-order chi connectivity index (χ1) is 6.24. The van der Waals surface area contributed by atoms with Gasteiger partial charge in [-0.15, -0.1) is 0 Å². The number of hydrogen-bond acceptors (Lipinski definition) is 4. The van der Waals surface area contributed by atoms with Gasteiger partial charge in [0.15, 0.2) is 0 Å². The Kier molecular flexibility index (Phi) is 3.92. The van der Waals surface area contributed by atoms with Crippen LogP contribution >= 0.6 is 0 Å². The van der Waals surface area contributed by atoms with E-state index in [2.05, 4.69) is 17.4 Å². The molecule has 13 heavy (non-hydrogen) atoms. The first-order valence-electron chi connectivity index (χ1n) is 4.39. The third kappa shape index (κ3) is 3.16. The lowest BCUT2D eigenvalue weighted by Crippen LogP contribution is -2.36. The van der Waals surface area contributed by atoms with E-state index >= 15 is 0 Å². The highest BCUT2D eigenvalue weighted by atomic mass is 16.5. The number of aromatic nitrogens is 1. The number of hydrogen-bond donors (Lipinski definition) is 1. The SMILES string of the molecule is COC(C)C(C)NCc1ccon1. The number of nitrogens with one attached hydrogen (secondary N) is 1. The fourth-order valence-electron chi connectivity index (χ4n) is 0.964. The largest absolute Gasteiger partial charge is 0.380 e. The van der Waals surface area contributed by atoms with Gasteiger partial charge in [-0.2, -0.15) is 0 Å². The van der Waals surface area contributed by atoms with E-state index in [1.807, 2.05) is 13.0 Å². The van der Waals surface area contributed by atoms with Crippen molar-refractivity contribution in [3.63, 3.8) is 0 Å². The van der Waals surface area contributed by atoms with Gasteiger partial charge in [-0.05, 0) is 13.8 Å². The maximum atomic E-state index is 5.18. The van der Waals surface area contributed by atoms with Crippen LogP contribution in [0.5, 0.6) is 0 Å². The van der Waals surface area contributed by atoms with E-state index in [9.17, 15) is 0 Å². The molecule has 1 rings (SSSR count). The Balaban J connectivity index is 2.26. The first-order valence-corrected chi connectivity index (χ1v) is 4.39. The Morgan fingerprint density at radius 1 is 1.62 bits per heavy atom. The van der Waals surface area contributed by atoms with Crippen LogP contribution in [0.1, 0.15) is 19.5 Å². The average molecular weight is 184 g/mol. The number of nitrogens with zero attached hydrogens (tertiary/aromatic N) is 1. The Labute approximate surface area is 78.2 Å². The second kappa shape index (κ2) is 4.99. The highest BCUT2D eigenvalue weighted by molar-refractivity contribution is 4.94. The van der Waals surface area contributed by atoms with E-state index in [-0.39, 0.29) is 6.10 Å². The smallest absolute Gasteiger partial charge is 0.124 e. The van der Waals surface area contributed by atoms with Crippen LogP contribution in [0, 0.1) is 0 Å². The van der Waals surface area contributed by atoms with Crippen molar-refractivity contribution in [3.8, 4) is 0 Å². The zero-order valence-electron chi connectivity index (χ0n) is 8.28. The van der Waals surface area contributed by atoms with E-state index in [0.717, 1.165) is 5.69 Å². The molecule has 0 saturated carbocycles. The van der Waals surface area contributed by atoms with Gasteiger partial charge in [-0.3, -0.25) is 0 Å². The molecule has 0 aliphatic carbocycles. The van der Waals surface area contributed by atoms with Gasteiger partial charge in [-0.1, -0.05) is 5.16 Å². The molecule has 0 saturated heterocycles. The molecule has 0 aliphatic heterocycles. The fourth-order valence-corrected chi connectivity index (χ4v) is 0.964. The molecule has 0 spiro atoms. The molecule has 74 valence electrons. The van der Waals surface area contributed by atoms with Crippen LogP contribution in [0.4, 0.5) is 0 Å². The van der Waals surface area contributed by atoms with Gasteiger partial charge in [0.2, 0.25) is 0 Å². The number of rotatable bonds is 5. The van der Waals surface area contributed by atoms with E-state index in [1.165, 1.54) is 0 Å². The number of methoxy groups -OCH3 is 1. The summed E-state index contributed by atoms with van der Waals surface area (Å²) in [4.78, 5) is 0. The molecule has 4 heteroatoms. The van der Waals surface area contributed by atoms with Gasteiger partial charge in [-0.25, -0.2) is 0 Å². The van der Waals surface area contributed by atoms with Crippen LogP contribution in [-0.4, -0.2) is 24.4 Å². The van der Waals surface area contributed by atoms with Crippen LogP contribution in [0.2, 0.25) is 0 Å². The summed E-state index contributed by atoms with van der Waals surface area (Å²) in [5.74, 6) is 0. The van der Waals surface area contributed by atoms with Crippen molar-refractivity contribution in [2.45, 2.75) is 32.5 Å². The van der Waals surface area contributed by atoms with Crippen molar-refractivity contribution in [2.75, 3.05) is 7.11 Å². The van der Waals surface area contributed by atoms with E-state index in [1.54, 1.807) is 13.4 Å². The Morgan fingerprint density at radius 2 is 2.38 bits per heavy atom. The predicted molar refractivity (Wildman–Crippen MR) is 49.3 cm³/mol. The van der Waals surface area contributed by atoms with Gasteiger partial charge >= 0.3 is 0 Å². The summed E-state index contributed by atoms with van der Waals surface area (Å²) in [7, 11) is 1.71. The van der Waals surface area contributed by atoms with Gasteiger partial charge in [0, 0.05) is 25.8 Å². The summed E-state index contributed by atoms with van der Waals surface area (Å²) < 4.78 is 9.89. The molecule has 0 aromatic carbocycles. The quantitative estimate of drug-likeness (QED) is 0.746. The molecule has 1 heterocycles. The van der Waals surface area contributed by atoms with Crippen molar-refractivity contribution >= 4 is 0 Å². The zero-order valence-corrected chi connectivity index (χ0v) is 8.28. The lowest BCUT2D eigenvalue weighted by Gasteiger charge is -2.18. The molecule has 1 aromatic rings. The maximum Gasteiger partial charge on any atom is 0.124 e. The lowest BCUT2D eigenvalue weighted by atomic mass is 10.2. The van der Waals surface area contributed by atoms with Crippen molar-refractivity contribution < 1.29 is 9.26 Å². The van der Waals surface area contributed by atoms with Crippen molar-refractivity contribution in [1.82, 2.24) is 10.5 Å². The summed E-state index contributed by atoms with van der Waals surface area (Å²) in [6.45, 7) is 4.82. The highest BCUT2D eigenvalue weighted by Gasteiger charge is 2.10. The van der Waals surface area contributed by atoms with E-state index in [4.69, 9.17) is 9.26 Å². The third-order valence-electron chi connectivity index (χ3n) is 2.17. The molecule has 0 bridgehead atoms. The Morgan fingerprint density at radius 3 is 2.92 bits per heavy atom. The van der Waals surface area contributed by atoms with Crippen LogP contribution < -0.4 is 5.32 Å². The summed E-state index contributed by atoms with van der Waals surface area (Å²) in [5.41, 5.74) is 0.912. The second-order valence-corrected chi connectivity index (χ2v) is 3.10. The summed E-state index contributed by atoms with van der Waals surface area (Å²) in [6, 6.07) is 2.15. The van der Waals surface area contributed by atoms with Crippen LogP contribution in [0.25, 0.3) is 0 Å². The Hall–Kier alpha value is -0.870. The normalized spacial score (nSPS) is 15.6. The lowest BCUT2D eigenvalue weighted by molar-refractivity contribution is 0.0880. The minimum atomic E-state index is 0.201. The van der Waals surface area contributed by atoms with E-state index in [0.29, 0.717) is 12.6 Å². The summed E-state index contributed by atoms with van der Waals surface area (Å²) >= 11 is 0. The molecule has 0 amide bonds.